The zero-order chi connectivity index (χ0) is 18.7. The van der Waals surface area contributed by atoms with Crippen molar-refractivity contribution in [3.05, 3.63) is 29.8 Å². The molecule has 6 nitrogen and oxygen atoms in total. The summed E-state index contributed by atoms with van der Waals surface area (Å²) in [5, 5.41) is 6.83. The minimum absolute atomic E-state index is 0. The molecule has 1 heterocycles. The number of methoxy groups -OCH3 is 1. The molecule has 7 heteroatoms. The summed E-state index contributed by atoms with van der Waals surface area (Å²) in [6.07, 6.45) is 3.15. The maximum atomic E-state index is 5.86. The minimum atomic E-state index is -0.103. The number of rotatable bonds is 10. The van der Waals surface area contributed by atoms with Crippen LogP contribution in [0, 0.1) is 0 Å². The molecule has 0 bridgehead atoms. The monoisotopic (exact) mass is 491 g/mol. The summed E-state index contributed by atoms with van der Waals surface area (Å²) in [6, 6.07) is 7.99. The van der Waals surface area contributed by atoms with E-state index in [-0.39, 0.29) is 29.6 Å². The van der Waals surface area contributed by atoms with E-state index in [9.17, 15) is 0 Å². The molecule has 1 unspecified atom stereocenters. The fourth-order valence-corrected chi connectivity index (χ4v) is 2.85. The number of aliphatic imine (C=N–C) groups is 1. The van der Waals surface area contributed by atoms with E-state index in [0.29, 0.717) is 6.54 Å². The summed E-state index contributed by atoms with van der Waals surface area (Å²) in [5.41, 5.74) is 1.04. The third kappa shape index (κ3) is 9.12. The Bertz CT molecular complexity index is 546. The van der Waals surface area contributed by atoms with E-state index >= 15 is 0 Å². The summed E-state index contributed by atoms with van der Waals surface area (Å²) in [7, 11) is 1.67. The van der Waals surface area contributed by atoms with Crippen molar-refractivity contribution in [3.8, 4) is 5.75 Å². The highest BCUT2D eigenvalue weighted by molar-refractivity contribution is 14.0. The molecule has 1 fully saturated rings. The summed E-state index contributed by atoms with van der Waals surface area (Å²) in [6.45, 7) is 8.73. The molecule has 1 aliphatic heterocycles. The van der Waals surface area contributed by atoms with Crippen LogP contribution in [0.3, 0.4) is 0 Å². The van der Waals surface area contributed by atoms with Gasteiger partial charge in [-0.25, -0.2) is 4.99 Å². The van der Waals surface area contributed by atoms with Crippen molar-refractivity contribution < 1.29 is 14.2 Å². The maximum absolute atomic E-state index is 5.86. The van der Waals surface area contributed by atoms with Crippen LogP contribution in [0.4, 0.5) is 0 Å². The van der Waals surface area contributed by atoms with Crippen molar-refractivity contribution in [2.45, 2.75) is 45.3 Å². The average molecular weight is 491 g/mol. The van der Waals surface area contributed by atoms with Gasteiger partial charge in [-0.1, -0.05) is 12.1 Å². The number of nitrogens with zero attached hydrogens (tertiary/aromatic N) is 1. The SMILES string of the molecule is CCOCCCNC(=NCc1ccc(OC)cc1)NCC1(C)CCCO1.I. The Hall–Kier alpha value is -1.06. The lowest BCUT2D eigenvalue weighted by molar-refractivity contribution is 0.0242. The third-order valence-corrected chi connectivity index (χ3v) is 4.47. The normalized spacial score (nSPS) is 19.4. The standard InChI is InChI=1S/C20H33N3O3.HI/c1-4-25-13-6-12-21-19(23-16-20(2)11-5-14-26-20)22-15-17-7-9-18(24-3)10-8-17;/h7-10H,4-6,11-16H2,1-3H3,(H2,21,22,23);1H. The Morgan fingerprint density at radius 1 is 1.26 bits per heavy atom. The second-order valence-corrected chi connectivity index (χ2v) is 6.75. The van der Waals surface area contributed by atoms with Crippen molar-refractivity contribution in [2.75, 3.05) is 40.0 Å². The molecule has 0 aliphatic carbocycles. The summed E-state index contributed by atoms with van der Waals surface area (Å²) in [5.74, 6) is 1.67. The van der Waals surface area contributed by atoms with Gasteiger partial charge >= 0.3 is 0 Å². The van der Waals surface area contributed by atoms with Crippen LogP contribution in [0.5, 0.6) is 5.75 Å². The molecule has 0 spiro atoms. The molecule has 0 aromatic heterocycles. The van der Waals surface area contributed by atoms with Gasteiger partial charge in [0.15, 0.2) is 5.96 Å². The van der Waals surface area contributed by atoms with Crippen molar-refractivity contribution in [1.29, 1.82) is 0 Å². The zero-order valence-corrected chi connectivity index (χ0v) is 19.1. The molecule has 1 aliphatic rings. The Morgan fingerprint density at radius 2 is 2.04 bits per heavy atom. The largest absolute Gasteiger partial charge is 0.497 e. The highest BCUT2D eigenvalue weighted by atomic mass is 127. The lowest BCUT2D eigenvalue weighted by Crippen LogP contribution is -2.46. The first kappa shape index (κ1) is 24.0. The van der Waals surface area contributed by atoms with Gasteiger partial charge in [-0.05, 0) is 50.8 Å². The van der Waals surface area contributed by atoms with Crippen LogP contribution < -0.4 is 15.4 Å². The number of hydrogen-bond acceptors (Lipinski definition) is 4. The van der Waals surface area contributed by atoms with E-state index in [4.69, 9.17) is 19.2 Å². The predicted octanol–water partition coefficient (Wildman–Crippen LogP) is 3.34. The molecule has 154 valence electrons. The van der Waals surface area contributed by atoms with Gasteiger partial charge in [-0.2, -0.15) is 0 Å². The highest BCUT2D eigenvalue weighted by Gasteiger charge is 2.29. The van der Waals surface area contributed by atoms with Crippen molar-refractivity contribution in [2.24, 2.45) is 4.99 Å². The smallest absolute Gasteiger partial charge is 0.191 e. The Balaban J connectivity index is 0.00000364. The summed E-state index contributed by atoms with van der Waals surface area (Å²) in [4.78, 5) is 4.72. The van der Waals surface area contributed by atoms with E-state index in [1.165, 1.54) is 0 Å². The van der Waals surface area contributed by atoms with Gasteiger partial charge in [-0.3, -0.25) is 0 Å². The van der Waals surface area contributed by atoms with Crippen LogP contribution in [0.25, 0.3) is 0 Å². The van der Waals surface area contributed by atoms with Gasteiger partial charge in [0.2, 0.25) is 0 Å². The molecule has 1 atom stereocenters. The fourth-order valence-electron chi connectivity index (χ4n) is 2.85. The third-order valence-electron chi connectivity index (χ3n) is 4.47. The number of hydrogen-bond donors (Lipinski definition) is 2. The van der Waals surface area contributed by atoms with Crippen molar-refractivity contribution in [3.63, 3.8) is 0 Å². The lowest BCUT2D eigenvalue weighted by atomic mass is 10.0. The first-order valence-corrected chi connectivity index (χ1v) is 9.52. The predicted molar refractivity (Wildman–Crippen MR) is 120 cm³/mol. The van der Waals surface area contributed by atoms with Crippen molar-refractivity contribution in [1.82, 2.24) is 10.6 Å². The number of guanidine groups is 1. The van der Waals surface area contributed by atoms with E-state index in [1.807, 2.05) is 31.2 Å². The first-order valence-electron chi connectivity index (χ1n) is 9.52. The van der Waals surface area contributed by atoms with E-state index in [2.05, 4.69) is 17.6 Å². The van der Waals surface area contributed by atoms with E-state index in [0.717, 1.165) is 69.4 Å². The molecular weight excluding hydrogens is 457 g/mol. The topological polar surface area (TPSA) is 64.1 Å². The van der Waals surface area contributed by atoms with E-state index < -0.39 is 0 Å². The van der Waals surface area contributed by atoms with Crippen LogP contribution in [0.2, 0.25) is 0 Å². The Labute approximate surface area is 180 Å². The van der Waals surface area contributed by atoms with Crippen LogP contribution in [0.1, 0.15) is 38.7 Å². The molecule has 0 amide bonds. The summed E-state index contributed by atoms with van der Waals surface area (Å²) >= 11 is 0. The molecule has 2 rings (SSSR count). The van der Waals surface area contributed by atoms with Gasteiger partial charge in [0.05, 0.1) is 19.3 Å². The van der Waals surface area contributed by atoms with Gasteiger partial charge in [0.25, 0.3) is 0 Å². The van der Waals surface area contributed by atoms with Crippen LogP contribution >= 0.6 is 24.0 Å². The average Bonchev–Trinajstić information content (AvgIpc) is 3.10. The molecule has 1 aromatic carbocycles. The second-order valence-electron chi connectivity index (χ2n) is 6.75. The molecular formula is C20H34IN3O3. The molecule has 1 aromatic rings. The van der Waals surface area contributed by atoms with E-state index in [1.54, 1.807) is 7.11 Å². The van der Waals surface area contributed by atoms with Gasteiger partial charge < -0.3 is 24.8 Å². The second kappa shape index (κ2) is 13.2. The molecule has 27 heavy (non-hydrogen) atoms. The van der Waals surface area contributed by atoms with Gasteiger partial charge in [0.1, 0.15) is 5.75 Å². The summed E-state index contributed by atoms with van der Waals surface area (Å²) < 4.78 is 16.4. The molecule has 2 N–H and O–H groups in total. The number of ether oxygens (including phenoxy) is 3. The Morgan fingerprint density at radius 3 is 2.67 bits per heavy atom. The minimum Gasteiger partial charge on any atom is -0.497 e. The number of nitrogens with one attached hydrogen (secondary N) is 2. The quantitative estimate of drug-likeness (QED) is 0.228. The fraction of sp³-hybridized carbons (Fsp3) is 0.650. The number of halogens is 1. The van der Waals surface area contributed by atoms with Gasteiger partial charge in [-0.15, -0.1) is 24.0 Å². The van der Waals surface area contributed by atoms with Gasteiger partial charge in [0, 0.05) is 32.9 Å². The van der Waals surface area contributed by atoms with Crippen LogP contribution in [-0.4, -0.2) is 51.6 Å². The maximum Gasteiger partial charge on any atom is 0.191 e. The molecule has 0 radical (unpaired) electrons. The zero-order valence-electron chi connectivity index (χ0n) is 16.8. The first-order chi connectivity index (χ1) is 12.6. The highest BCUT2D eigenvalue weighted by Crippen LogP contribution is 2.23. The van der Waals surface area contributed by atoms with Crippen LogP contribution in [-0.2, 0) is 16.0 Å². The van der Waals surface area contributed by atoms with Crippen molar-refractivity contribution >= 4 is 29.9 Å². The molecule has 1 saturated heterocycles. The molecule has 0 saturated carbocycles. The Kier molecular flexibility index (Phi) is 11.7. The number of benzene rings is 1. The van der Waals surface area contributed by atoms with Crippen LogP contribution in [0.15, 0.2) is 29.3 Å². The lowest BCUT2D eigenvalue weighted by Gasteiger charge is -2.25.